The number of amides is 1. The molecule has 0 unspecified atom stereocenters. The van der Waals surface area contributed by atoms with E-state index in [-0.39, 0.29) is 38.1 Å². The fourth-order valence-electron chi connectivity index (χ4n) is 3.17. The van der Waals surface area contributed by atoms with E-state index in [4.69, 9.17) is 34.8 Å². The van der Waals surface area contributed by atoms with Crippen molar-refractivity contribution in [3.05, 3.63) is 62.1 Å². The lowest BCUT2D eigenvalue weighted by Crippen LogP contribution is -2.47. The SMILES string of the molecule is O=C(NCc1ccc(NC[C@@](O)(c2cc(Cl)c(Cl)c(Cl)c2)C(F)(F)F)cc1C(F)(F)F)C1CC1. The van der Waals surface area contributed by atoms with Crippen molar-refractivity contribution in [2.75, 3.05) is 11.9 Å². The Kier molecular flexibility index (Phi) is 7.58. The maximum Gasteiger partial charge on any atom is 0.423 e. The summed E-state index contributed by atoms with van der Waals surface area (Å²) in [5.41, 5.74) is -6.03. The summed E-state index contributed by atoms with van der Waals surface area (Å²) < 4.78 is 82.1. The zero-order chi connectivity index (χ0) is 25.5. The number of aliphatic hydroxyl groups is 1. The van der Waals surface area contributed by atoms with Crippen LogP contribution in [0.5, 0.6) is 0 Å². The van der Waals surface area contributed by atoms with Crippen LogP contribution < -0.4 is 10.6 Å². The summed E-state index contributed by atoms with van der Waals surface area (Å²) in [4.78, 5) is 11.8. The van der Waals surface area contributed by atoms with Gasteiger partial charge in [0.15, 0.2) is 0 Å². The Balaban J connectivity index is 1.87. The van der Waals surface area contributed by atoms with Crippen LogP contribution in [0.4, 0.5) is 32.0 Å². The van der Waals surface area contributed by atoms with Crippen LogP contribution in [0.25, 0.3) is 0 Å². The van der Waals surface area contributed by atoms with Gasteiger partial charge in [0.25, 0.3) is 0 Å². The normalized spacial score (nSPS) is 16.2. The van der Waals surface area contributed by atoms with Crippen LogP contribution in [-0.4, -0.2) is 23.7 Å². The minimum absolute atomic E-state index is 0.204. The average molecular weight is 550 g/mol. The van der Waals surface area contributed by atoms with Crippen molar-refractivity contribution in [3.8, 4) is 0 Å². The molecule has 0 spiro atoms. The van der Waals surface area contributed by atoms with Crippen molar-refractivity contribution in [1.29, 1.82) is 0 Å². The third-order valence-corrected chi connectivity index (χ3v) is 6.49. The fourth-order valence-corrected chi connectivity index (χ4v) is 3.76. The maximum absolute atomic E-state index is 13.8. The molecule has 4 nitrogen and oxygen atoms in total. The second kappa shape index (κ2) is 9.64. The first-order valence-electron chi connectivity index (χ1n) is 9.79. The number of rotatable bonds is 7. The Hall–Kier alpha value is -1.88. The minimum Gasteiger partial charge on any atom is -0.381 e. The largest absolute Gasteiger partial charge is 0.423 e. The molecule has 2 aromatic carbocycles. The van der Waals surface area contributed by atoms with Gasteiger partial charge in [0.1, 0.15) is 0 Å². The number of carbonyl (C=O) groups excluding carboxylic acids is 1. The molecule has 1 atom stereocenters. The van der Waals surface area contributed by atoms with E-state index in [1.807, 2.05) is 0 Å². The Morgan fingerprint density at radius 1 is 1.00 bits per heavy atom. The first-order chi connectivity index (χ1) is 15.6. The van der Waals surface area contributed by atoms with Crippen molar-refractivity contribution < 1.29 is 36.2 Å². The highest BCUT2D eigenvalue weighted by Crippen LogP contribution is 2.43. The molecule has 0 saturated heterocycles. The topological polar surface area (TPSA) is 61.4 Å². The fraction of sp³-hybridized carbons (Fsp3) is 0.381. The summed E-state index contributed by atoms with van der Waals surface area (Å²) >= 11 is 17.3. The number of hydrogen-bond donors (Lipinski definition) is 3. The Bertz CT molecular complexity index is 1070. The zero-order valence-corrected chi connectivity index (χ0v) is 19.3. The first-order valence-corrected chi connectivity index (χ1v) is 10.9. The number of carbonyl (C=O) groups is 1. The van der Waals surface area contributed by atoms with Gasteiger partial charge in [-0.1, -0.05) is 40.9 Å². The molecule has 2 aromatic rings. The van der Waals surface area contributed by atoms with Gasteiger partial charge in [0.2, 0.25) is 11.5 Å². The number of alkyl halides is 6. The third-order valence-electron chi connectivity index (χ3n) is 5.30. The van der Waals surface area contributed by atoms with Crippen LogP contribution in [-0.2, 0) is 23.1 Å². The molecular formula is C21H17Cl3F6N2O2. The van der Waals surface area contributed by atoms with E-state index in [1.165, 1.54) is 0 Å². The van der Waals surface area contributed by atoms with Gasteiger partial charge in [-0.15, -0.1) is 0 Å². The van der Waals surface area contributed by atoms with Gasteiger partial charge in [-0.25, -0.2) is 0 Å². The van der Waals surface area contributed by atoms with Crippen LogP contribution in [0.1, 0.15) is 29.5 Å². The molecule has 1 saturated carbocycles. The van der Waals surface area contributed by atoms with Gasteiger partial charge in [0.05, 0.1) is 27.2 Å². The molecule has 13 heteroatoms. The minimum atomic E-state index is -5.25. The first kappa shape index (κ1) is 26.7. The molecule has 0 aliphatic heterocycles. The molecule has 3 N–H and O–H groups in total. The van der Waals surface area contributed by atoms with E-state index >= 15 is 0 Å². The molecule has 3 rings (SSSR count). The lowest BCUT2D eigenvalue weighted by molar-refractivity contribution is -0.260. The van der Waals surface area contributed by atoms with Crippen LogP contribution in [0, 0.1) is 5.92 Å². The summed E-state index contributed by atoms with van der Waals surface area (Å²) in [6.07, 6.45) is -8.74. The summed E-state index contributed by atoms with van der Waals surface area (Å²) in [6.45, 7) is -1.64. The van der Waals surface area contributed by atoms with Gasteiger partial charge in [0, 0.05) is 18.2 Å². The summed E-state index contributed by atoms with van der Waals surface area (Å²) in [5.74, 6) is -0.559. The smallest absolute Gasteiger partial charge is 0.381 e. The standard InChI is InChI=1S/C21H17Cl3F6N2O2/c22-15-5-12(6-16(23)17(15)24)19(34,21(28,29)30)9-32-13-4-3-11(14(7-13)20(25,26)27)8-31-18(33)10-1-2-10/h3-7,10,32,34H,1-2,8-9H2,(H,31,33)/t19-/m1/s1. The Morgan fingerprint density at radius 3 is 2.09 bits per heavy atom. The van der Waals surface area contributed by atoms with E-state index in [2.05, 4.69) is 10.6 Å². The number of benzene rings is 2. The van der Waals surface area contributed by atoms with Crippen LogP contribution in [0.15, 0.2) is 30.3 Å². The average Bonchev–Trinajstić information content (AvgIpc) is 3.58. The molecule has 0 aromatic heterocycles. The molecule has 1 aliphatic carbocycles. The van der Waals surface area contributed by atoms with Crippen molar-refractivity contribution >= 4 is 46.4 Å². The summed E-state index contributed by atoms with van der Waals surface area (Å²) in [7, 11) is 0. The number of halogens is 9. The van der Waals surface area contributed by atoms with Crippen LogP contribution >= 0.6 is 34.8 Å². The predicted octanol–water partition coefficient (Wildman–Crippen LogP) is 6.55. The molecule has 0 bridgehead atoms. The lowest BCUT2D eigenvalue weighted by atomic mass is 9.92. The number of anilines is 1. The maximum atomic E-state index is 13.8. The van der Waals surface area contributed by atoms with Crippen molar-refractivity contribution in [3.63, 3.8) is 0 Å². The summed E-state index contributed by atoms with van der Waals surface area (Å²) in [5, 5.41) is 14.2. The van der Waals surface area contributed by atoms with Crippen molar-refractivity contribution in [2.24, 2.45) is 5.92 Å². The molecule has 1 amide bonds. The van der Waals surface area contributed by atoms with Gasteiger partial charge < -0.3 is 15.7 Å². The van der Waals surface area contributed by atoms with Gasteiger partial charge in [-0.2, -0.15) is 26.3 Å². The highest BCUT2D eigenvalue weighted by Gasteiger charge is 2.55. The summed E-state index contributed by atoms with van der Waals surface area (Å²) in [6, 6.07) is 4.32. The van der Waals surface area contributed by atoms with E-state index in [1.54, 1.807) is 0 Å². The Morgan fingerprint density at radius 2 is 1.59 bits per heavy atom. The third kappa shape index (κ3) is 5.84. The lowest BCUT2D eigenvalue weighted by Gasteiger charge is -2.32. The van der Waals surface area contributed by atoms with E-state index in [0.717, 1.165) is 24.3 Å². The molecule has 34 heavy (non-hydrogen) atoms. The predicted molar refractivity (Wildman–Crippen MR) is 116 cm³/mol. The quantitative estimate of drug-likeness (QED) is 0.271. The van der Waals surface area contributed by atoms with Crippen molar-refractivity contribution in [1.82, 2.24) is 5.32 Å². The monoisotopic (exact) mass is 548 g/mol. The van der Waals surface area contributed by atoms with Crippen molar-refractivity contribution in [2.45, 2.75) is 37.3 Å². The van der Waals surface area contributed by atoms with Crippen LogP contribution in [0.3, 0.4) is 0 Å². The van der Waals surface area contributed by atoms with E-state index in [9.17, 15) is 36.2 Å². The number of hydrogen-bond acceptors (Lipinski definition) is 3. The highest BCUT2D eigenvalue weighted by atomic mass is 35.5. The van der Waals surface area contributed by atoms with Gasteiger partial charge >= 0.3 is 12.4 Å². The molecule has 186 valence electrons. The molecular weight excluding hydrogens is 533 g/mol. The number of nitrogens with one attached hydrogen (secondary N) is 2. The zero-order valence-electron chi connectivity index (χ0n) is 17.0. The van der Waals surface area contributed by atoms with E-state index in [0.29, 0.717) is 18.9 Å². The highest BCUT2D eigenvalue weighted by molar-refractivity contribution is 6.48. The second-order valence-corrected chi connectivity index (χ2v) is 9.02. The molecule has 0 heterocycles. The molecule has 1 fully saturated rings. The molecule has 1 aliphatic rings. The van der Waals surface area contributed by atoms with Gasteiger partial charge in [-0.05, 0) is 48.2 Å². The second-order valence-electron chi connectivity index (χ2n) is 7.83. The van der Waals surface area contributed by atoms with E-state index < -0.39 is 42.2 Å². The molecule has 0 radical (unpaired) electrons. The van der Waals surface area contributed by atoms with Crippen LogP contribution in [0.2, 0.25) is 15.1 Å². The van der Waals surface area contributed by atoms with Gasteiger partial charge in [-0.3, -0.25) is 4.79 Å². The Labute approximate surface area is 205 Å².